The smallest absolute Gasteiger partial charge is 0.224 e. The fourth-order valence-corrected chi connectivity index (χ4v) is 3.38. The van der Waals surface area contributed by atoms with Gasteiger partial charge in [-0.2, -0.15) is 5.10 Å². The Morgan fingerprint density at radius 2 is 1.93 bits per heavy atom. The van der Waals surface area contributed by atoms with Crippen LogP contribution in [0, 0.1) is 6.92 Å². The highest BCUT2D eigenvalue weighted by Crippen LogP contribution is 2.26. The van der Waals surface area contributed by atoms with Crippen molar-refractivity contribution in [2.24, 2.45) is 0 Å². The van der Waals surface area contributed by atoms with Crippen LogP contribution >= 0.6 is 0 Å². The number of fused-ring (bicyclic) bond motifs is 1. The molecule has 0 bridgehead atoms. The Morgan fingerprint density at radius 1 is 1.07 bits per heavy atom. The Hall–Kier alpha value is -3.47. The minimum Gasteiger partial charge on any atom is -0.325 e. The molecule has 0 saturated heterocycles. The number of nitrogens with one attached hydrogen (secondary N) is 2. The quantitative estimate of drug-likeness (QED) is 0.507. The molecule has 0 fully saturated rings. The molecular weight excluding hydrogens is 348 g/mol. The number of hydrogen-bond acceptors (Lipinski definition) is 3. The molecule has 5 nitrogen and oxygen atoms in total. The van der Waals surface area contributed by atoms with Gasteiger partial charge in [0.2, 0.25) is 5.91 Å². The third kappa shape index (κ3) is 4.09. The molecule has 0 spiro atoms. The van der Waals surface area contributed by atoms with E-state index in [1.54, 1.807) is 12.4 Å². The van der Waals surface area contributed by atoms with Gasteiger partial charge < -0.3 is 5.32 Å². The van der Waals surface area contributed by atoms with Crippen molar-refractivity contribution in [2.45, 2.75) is 26.2 Å². The highest BCUT2D eigenvalue weighted by atomic mass is 16.1. The number of benzene rings is 2. The summed E-state index contributed by atoms with van der Waals surface area (Å²) in [5.74, 6) is 0.0218. The fraction of sp³-hybridized carbons (Fsp3) is 0.174. The van der Waals surface area contributed by atoms with Crippen molar-refractivity contribution in [3.63, 3.8) is 0 Å². The standard InChI is InChI=1S/C23H22N4O/c1-16-12-19(13-20-14-25-27-23(16)20)18-9-7-17(8-10-18)4-2-6-22(28)26-21-5-3-11-24-15-21/h3,5,7-15H,2,4,6H2,1H3,(H,25,27)(H,26,28). The molecule has 0 radical (unpaired) electrons. The van der Waals surface area contributed by atoms with E-state index < -0.39 is 0 Å². The normalized spacial score (nSPS) is 10.9. The van der Waals surface area contributed by atoms with E-state index in [0.717, 1.165) is 29.4 Å². The zero-order valence-electron chi connectivity index (χ0n) is 15.8. The Balaban J connectivity index is 1.35. The predicted molar refractivity (Wildman–Crippen MR) is 112 cm³/mol. The molecule has 2 aromatic carbocycles. The highest BCUT2D eigenvalue weighted by molar-refractivity contribution is 5.90. The van der Waals surface area contributed by atoms with Crippen molar-refractivity contribution in [1.82, 2.24) is 15.2 Å². The van der Waals surface area contributed by atoms with Crippen LogP contribution in [0.25, 0.3) is 22.0 Å². The van der Waals surface area contributed by atoms with Gasteiger partial charge >= 0.3 is 0 Å². The fourth-order valence-electron chi connectivity index (χ4n) is 3.38. The molecule has 0 unspecified atom stereocenters. The van der Waals surface area contributed by atoms with E-state index in [0.29, 0.717) is 6.42 Å². The molecule has 1 amide bonds. The first-order chi connectivity index (χ1) is 13.7. The van der Waals surface area contributed by atoms with E-state index in [1.165, 1.54) is 22.3 Å². The average molecular weight is 370 g/mol. The average Bonchev–Trinajstić information content (AvgIpc) is 3.19. The number of H-pyrrole nitrogens is 1. The number of aryl methyl sites for hydroxylation is 2. The third-order valence-corrected chi connectivity index (χ3v) is 4.85. The summed E-state index contributed by atoms with van der Waals surface area (Å²) in [7, 11) is 0. The van der Waals surface area contributed by atoms with Crippen LogP contribution in [0.3, 0.4) is 0 Å². The van der Waals surface area contributed by atoms with Gasteiger partial charge in [0.15, 0.2) is 0 Å². The molecule has 0 aliphatic heterocycles. The molecule has 0 atom stereocenters. The van der Waals surface area contributed by atoms with Crippen molar-refractivity contribution < 1.29 is 4.79 Å². The number of hydrogen-bond donors (Lipinski definition) is 2. The number of pyridine rings is 1. The Bertz CT molecular complexity index is 1080. The lowest BCUT2D eigenvalue weighted by Crippen LogP contribution is -2.11. The Kier molecular flexibility index (Phi) is 5.15. The predicted octanol–water partition coefficient (Wildman–Crippen LogP) is 4.89. The lowest BCUT2D eigenvalue weighted by Gasteiger charge is -2.07. The van der Waals surface area contributed by atoms with Gasteiger partial charge in [0.05, 0.1) is 23.6 Å². The number of carbonyl (C=O) groups is 1. The van der Waals surface area contributed by atoms with Crippen molar-refractivity contribution in [1.29, 1.82) is 0 Å². The Morgan fingerprint density at radius 3 is 2.71 bits per heavy atom. The first-order valence-electron chi connectivity index (χ1n) is 9.42. The second-order valence-corrected chi connectivity index (χ2v) is 6.97. The lowest BCUT2D eigenvalue weighted by atomic mass is 9.99. The molecule has 140 valence electrons. The van der Waals surface area contributed by atoms with Crippen molar-refractivity contribution >= 4 is 22.5 Å². The van der Waals surface area contributed by atoms with Crippen LogP contribution in [-0.2, 0) is 11.2 Å². The zero-order valence-corrected chi connectivity index (χ0v) is 15.8. The maximum absolute atomic E-state index is 12.0. The summed E-state index contributed by atoms with van der Waals surface area (Å²) in [4.78, 5) is 16.0. The summed E-state index contributed by atoms with van der Waals surface area (Å²) >= 11 is 0. The van der Waals surface area contributed by atoms with Crippen molar-refractivity contribution in [3.05, 3.63) is 78.2 Å². The van der Waals surface area contributed by atoms with Crippen LogP contribution < -0.4 is 5.32 Å². The highest BCUT2D eigenvalue weighted by Gasteiger charge is 2.06. The first-order valence-corrected chi connectivity index (χ1v) is 9.42. The topological polar surface area (TPSA) is 70.7 Å². The summed E-state index contributed by atoms with van der Waals surface area (Å²) in [5, 5.41) is 11.2. The van der Waals surface area contributed by atoms with Crippen LogP contribution in [0.5, 0.6) is 0 Å². The van der Waals surface area contributed by atoms with E-state index in [1.807, 2.05) is 18.3 Å². The molecule has 2 aromatic heterocycles. The van der Waals surface area contributed by atoms with Gasteiger partial charge in [0, 0.05) is 18.0 Å². The third-order valence-electron chi connectivity index (χ3n) is 4.85. The van der Waals surface area contributed by atoms with E-state index in [-0.39, 0.29) is 5.91 Å². The number of amides is 1. The van der Waals surface area contributed by atoms with Gasteiger partial charge in [0.25, 0.3) is 0 Å². The summed E-state index contributed by atoms with van der Waals surface area (Å²) in [5.41, 5.74) is 6.62. The van der Waals surface area contributed by atoms with Gasteiger partial charge in [-0.1, -0.05) is 24.3 Å². The minimum absolute atomic E-state index is 0.0218. The monoisotopic (exact) mass is 370 g/mol. The lowest BCUT2D eigenvalue weighted by molar-refractivity contribution is -0.116. The van der Waals surface area contributed by atoms with Gasteiger partial charge in [-0.15, -0.1) is 0 Å². The SMILES string of the molecule is Cc1cc(-c2ccc(CCCC(=O)Nc3cccnc3)cc2)cc2cn[nH]c12. The molecule has 0 aliphatic rings. The van der Waals surface area contributed by atoms with Gasteiger partial charge in [-0.05, 0) is 66.3 Å². The molecule has 0 aliphatic carbocycles. The van der Waals surface area contributed by atoms with Gasteiger partial charge in [-0.25, -0.2) is 0 Å². The molecule has 28 heavy (non-hydrogen) atoms. The summed E-state index contributed by atoms with van der Waals surface area (Å²) in [6.07, 6.45) is 7.38. The molecule has 4 aromatic rings. The number of carbonyl (C=O) groups excluding carboxylic acids is 1. The van der Waals surface area contributed by atoms with Crippen LogP contribution in [0.2, 0.25) is 0 Å². The number of anilines is 1. The summed E-state index contributed by atoms with van der Waals surface area (Å²) in [6.45, 7) is 2.09. The molecule has 0 saturated carbocycles. The number of nitrogens with zero attached hydrogens (tertiary/aromatic N) is 2. The second kappa shape index (κ2) is 8.05. The first kappa shape index (κ1) is 17.9. The second-order valence-electron chi connectivity index (χ2n) is 6.97. The van der Waals surface area contributed by atoms with Gasteiger partial charge in [-0.3, -0.25) is 14.9 Å². The van der Waals surface area contributed by atoms with Crippen LogP contribution in [0.15, 0.2) is 67.1 Å². The zero-order chi connectivity index (χ0) is 19.3. The molecule has 5 heteroatoms. The summed E-state index contributed by atoms with van der Waals surface area (Å²) in [6, 6.07) is 16.6. The van der Waals surface area contributed by atoms with Crippen LogP contribution in [0.4, 0.5) is 5.69 Å². The Labute approximate surface area is 163 Å². The summed E-state index contributed by atoms with van der Waals surface area (Å²) < 4.78 is 0. The molecule has 2 N–H and O–H groups in total. The molecule has 2 heterocycles. The van der Waals surface area contributed by atoms with E-state index in [9.17, 15) is 4.79 Å². The molecular formula is C23H22N4O. The van der Waals surface area contributed by atoms with E-state index >= 15 is 0 Å². The van der Waals surface area contributed by atoms with Crippen LogP contribution in [0.1, 0.15) is 24.0 Å². The van der Waals surface area contributed by atoms with E-state index in [4.69, 9.17) is 0 Å². The number of rotatable bonds is 6. The number of aromatic nitrogens is 3. The minimum atomic E-state index is 0.0218. The van der Waals surface area contributed by atoms with Crippen molar-refractivity contribution in [2.75, 3.05) is 5.32 Å². The maximum Gasteiger partial charge on any atom is 0.224 e. The van der Waals surface area contributed by atoms with Crippen LogP contribution in [-0.4, -0.2) is 21.1 Å². The number of aromatic amines is 1. The molecule has 4 rings (SSSR count). The maximum atomic E-state index is 12.0. The van der Waals surface area contributed by atoms with Crippen molar-refractivity contribution in [3.8, 4) is 11.1 Å². The largest absolute Gasteiger partial charge is 0.325 e. The van der Waals surface area contributed by atoms with E-state index in [2.05, 4.69) is 63.8 Å². The van der Waals surface area contributed by atoms with Gasteiger partial charge in [0.1, 0.15) is 0 Å².